The molecule has 80 valence electrons. The molecular weight excluding hydrogens is 236 g/mol. The van der Waals surface area contributed by atoms with Crippen molar-refractivity contribution in [3.63, 3.8) is 0 Å². The zero-order valence-electron chi connectivity index (χ0n) is 8.55. The summed E-state index contributed by atoms with van der Waals surface area (Å²) in [4.78, 5) is 0. The van der Waals surface area contributed by atoms with Crippen molar-refractivity contribution in [3.8, 4) is 5.75 Å². The minimum Gasteiger partial charge on any atom is -0.460 e. The normalized spacial score (nSPS) is 41.2. The van der Waals surface area contributed by atoms with E-state index in [2.05, 4.69) is 47.8 Å². The van der Waals surface area contributed by atoms with Gasteiger partial charge in [-0.25, -0.2) is 0 Å². The van der Waals surface area contributed by atoms with Crippen molar-refractivity contribution in [2.75, 3.05) is 0 Å². The molecule has 3 aliphatic heterocycles. The monoisotopic (exact) mass is 246 g/mol. The van der Waals surface area contributed by atoms with Crippen molar-refractivity contribution in [3.05, 3.63) is 41.2 Å². The Morgan fingerprint density at radius 3 is 2.88 bits per heavy atom. The van der Waals surface area contributed by atoms with Crippen LogP contribution < -0.4 is 4.74 Å². The molecule has 1 nitrogen and oxygen atoms in total. The first-order valence-electron chi connectivity index (χ1n) is 5.71. The molecule has 0 aromatic heterocycles. The number of thioether (sulfide) groups is 2. The number of benzene rings is 1. The molecule has 5 rings (SSSR count). The lowest BCUT2D eigenvalue weighted by Crippen LogP contribution is -2.25. The SMILES string of the molecule is c1ccc2c(c1)CC1=C(O2)C2SC2C2SC12. The van der Waals surface area contributed by atoms with Gasteiger partial charge in [0.15, 0.2) is 0 Å². The number of hydrogen-bond donors (Lipinski definition) is 0. The lowest BCUT2D eigenvalue weighted by atomic mass is 9.90. The summed E-state index contributed by atoms with van der Waals surface area (Å²) in [6, 6.07) is 8.49. The number of para-hydroxylation sites is 1. The first-order chi connectivity index (χ1) is 7.92. The van der Waals surface area contributed by atoms with Crippen LogP contribution in [0.25, 0.3) is 0 Å². The van der Waals surface area contributed by atoms with E-state index in [9.17, 15) is 0 Å². The highest BCUT2D eigenvalue weighted by Gasteiger charge is 2.64. The van der Waals surface area contributed by atoms with Gasteiger partial charge in [0, 0.05) is 22.2 Å². The van der Waals surface area contributed by atoms with E-state index in [1.54, 1.807) is 5.57 Å². The van der Waals surface area contributed by atoms with Crippen LogP contribution in [-0.4, -0.2) is 21.0 Å². The molecular formula is C13H10OS2. The summed E-state index contributed by atoms with van der Waals surface area (Å²) >= 11 is 4.26. The topological polar surface area (TPSA) is 9.23 Å². The van der Waals surface area contributed by atoms with Gasteiger partial charge in [0.25, 0.3) is 0 Å². The van der Waals surface area contributed by atoms with E-state index < -0.39 is 0 Å². The van der Waals surface area contributed by atoms with Crippen molar-refractivity contribution in [1.82, 2.24) is 0 Å². The molecule has 0 N–H and O–H groups in total. The summed E-state index contributed by atoms with van der Waals surface area (Å²) in [6.45, 7) is 0. The first kappa shape index (κ1) is 8.54. The highest BCUT2D eigenvalue weighted by Crippen LogP contribution is 2.68. The Kier molecular flexibility index (Phi) is 1.41. The van der Waals surface area contributed by atoms with E-state index in [-0.39, 0.29) is 0 Å². The summed E-state index contributed by atoms with van der Waals surface area (Å²) in [5, 5.41) is 3.28. The van der Waals surface area contributed by atoms with Gasteiger partial charge < -0.3 is 4.74 Å². The van der Waals surface area contributed by atoms with Gasteiger partial charge in [-0.05, 0) is 17.2 Å². The molecule has 1 aromatic rings. The molecule has 3 heterocycles. The molecule has 1 aromatic carbocycles. The second kappa shape index (κ2) is 2.65. The van der Waals surface area contributed by atoms with Gasteiger partial charge in [0.05, 0.1) is 5.25 Å². The zero-order chi connectivity index (χ0) is 10.3. The lowest BCUT2D eigenvalue weighted by Gasteiger charge is -2.25. The predicted molar refractivity (Wildman–Crippen MR) is 68.1 cm³/mol. The fourth-order valence-corrected chi connectivity index (χ4v) is 5.96. The second-order valence-electron chi connectivity index (χ2n) is 4.82. The molecule has 4 atom stereocenters. The van der Waals surface area contributed by atoms with Gasteiger partial charge in [-0.15, -0.1) is 23.5 Å². The molecule has 16 heavy (non-hydrogen) atoms. The summed E-state index contributed by atoms with van der Waals surface area (Å²) < 4.78 is 6.13. The third kappa shape index (κ3) is 0.968. The predicted octanol–water partition coefficient (Wildman–Crippen LogP) is 2.86. The van der Waals surface area contributed by atoms with E-state index >= 15 is 0 Å². The zero-order valence-corrected chi connectivity index (χ0v) is 10.2. The Labute approximate surface area is 103 Å². The Balaban J connectivity index is 1.65. The maximum Gasteiger partial charge on any atom is 0.130 e. The van der Waals surface area contributed by atoms with Crippen LogP contribution in [0, 0.1) is 0 Å². The van der Waals surface area contributed by atoms with Gasteiger partial charge >= 0.3 is 0 Å². The molecule has 0 bridgehead atoms. The minimum absolute atomic E-state index is 0.694. The molecule has 0 radical (unpaired) electrons. The lowest BCUT2D eigenvalue weighted by molar-refractivity contribution is 0.382. The van der Waals surface area contributed by atoms with Gasteiger partial charge in [-0.3, -0.25) is 0 Å². The molecule has 0 saturated carbocycles. The largest absolute Gasteiger partial charge is 0.460 e. The van der Waals surface area contributed by atoms with Gasteiger partial charge in [0.1, 0.15) is 11.5 Å². The quantitative estimate of drug-likeness (QED) is 0.651. The number of fused-ring (bicyclic) bond motifs is 6. The Morgan fingerprint density at radius 2 is 1.88 bits per heavy atom. The van der Waals surface area contributed by atoms with Crippen LogP contribution in [0.5, 0.6) is 5.75 Å². The van der Waals surface area contributed by atoms with Crippen LogP contribution in [0.15, 0.2) is 35.6 Å². The standard InChI is InChI=1S/C13H10OS2/c1-2-4-8-6(3-1)5-7-9(14-8)11-13(16-11)12-10(7)15-12/h1-4,10-13H,5H2. The van der Waals surface area contributed by atoms with Gasteiger partial charge in [-0.1, -0.05) is 18.2 Å². The third-order valence-electron chi connectivity index (χ3n) is 3.87. The van der Waals surface area contributed by atoms with E-state index in [4.69, 9.17) is 4.74 Å². The molecule has 0 amide bonds. The summed E-state index contributed by atoms with van der Waals surface area (Å²) in [5.74, 6) is 2.41. The molecule has 4 aliphatic rings. The van der Waals surface area contributed by atoms with Crippen LogP contribution in [0.1, 0.15) is 5.56 Å². The van der Waals surface area contributed by atoms with Gasteiger partial charge in [-0.2, -0.15) is 0 Å². The third-order valence-corrected chi connectivity index (χ3v) is 6.84. The number of ether oxygens (including phenoxy) is 1. The summed E-state index contributed by atoms with van der Waals surface area (Å²) in [6.07, 6.45) is 1.13. The van der Waals surface area contributed by atoms with Crippen molar-refractivity contribution < 1.29 is 4.74 Å². The Bertz CT molecular complexity index is 489. The summed E-state index contributed by atoms with van der Waals surface area (Å²) in [5.41, 5.74) is 2.97. The molecule has 3 heteroatoms. The van der Waals surface area contributed by atoms with Crippen molar-refractivity contribution in [2.24, 2.45) is 0 Å². The maximum atomic E-state index is 6.13. The van der Waals surface area contributed by atoms with E-state index in [1.165, 1.54) is 11.3 Å². The number of hydrogen-bond acceptors (Lipinski definition) is 3. The molecule has 0 spiro atoms. The molecule has 2 saturated heterocycles. The van der Waals surface area contributed by atoms with Crippen molar-refractivity contribution in [2.45, 2.75) is 27.4 Å². The van der Waals surface area contributed by atoms with Gasteiger partial charge in [0.2, 0.25) is 0 Å². The highest BCUT2D eigenvalue weighted by molar-refractivity contribution is 8.13. The Morgan fingerprint density at radius 1 is 1.06 bits per heavy atom. The van der Waals surface area contributed by atoms with Crippen LogP contribution in [0.2, 0.25) is 0 Å². The second-order valence-corrected chi connectivity index (χ2v) is 7.47. The van der Waals surface area contributed by atoms with Crippen LogP contribution in [-0.2, 0) is 6.42 Å². The van der Waals surface area contributed by atoms with Crippen LogP contribution >= 0.6 is 23.5 Å². The van der Waals surface area contributed by atoms with Crippen molar-refractivity contribution >= 4 is 23.5 Å². The molecule has 2 fully saturated rings. The smallest absolute Gasteiger partial charge is 0.130 e. The fourth-order valence-electron chi connectivity index (χ4n) is 2.95. The average Bonchev–Trinajstić information content (AvgIpc) is 3.16. The van der Waals surface area contributed by atoms with E-state index in [1.807, 2.05) is 0 Å². The summed E-state index contributed by atoms with van der Waals surface area (Å²) in [7, 11) is 0. The number of rotatable bonds is 0. The van der Waals surface area contributed by atoms with Crippen LogP contribution in [0.4, 0.5) is 0 Å². The van der Waals surface area contributed by atoms with E-state index in [0.29, 0.717) is 5.25 Å². The molecule has 1 aliphatic carbocycles. The van der Waals surface area contributed by atoms with Crippen LogP contribution in [0.3, 0.4) is 0 Å². The van der Waals surface area contributed by atoms with Crippen molar-refractivity contribution in [1.29, 1.82) is 0 Å². The minimum atomic E-state index is 0.694. The molecule has 4 unspecified atom stereocenters. The Hall–Kier alpha value is -0.540. The average molecular weight is 246 g/mol. The van der Waals surface area contributed by atoms with E-state index in [0.717, 1.165) is 27.9 Å². The fraction of sp³-hybridized carbons (Fsp3) is 0.385. The maximum absolute atomic E-state index is 6.13. The highest BCUT2D eigenvalue weighted by atomic mass is 32.2. The first-order valence-corrected chi connectivity index (χ1v) is 7.60.